The van der Waals surface area contributed by atoms with E-state index >= 15 is 0 Å². The molecular weight excluding hydrogens is 212 g/mol. The van der Waals surface area contributed by atoms with Crippen molar-refractivity contribution in [2.24, 2.45) is 5.73 Å². The van der Waals surface area contributed by atoms with Crippen LogP contribution in [0.3, 0.4) is 0 Å². The van der Waals surface area contributed by atoms with Crippen LogP contribution in [0.1, 0.15) is 19.8 Å². The number of unbranched alkanes of at least 4 members (excludes halogenated alkanes) is 1. The summed E-state index contributed by atoms with van der Waals surface area (Å²) in [5.74, 6) is -0.777. The molecule has 0 radical (unpaired) electrons. The largest absolute Gasteiger partial charge is 0.389 e. The van der Waals surface area contributed by atoms with Gasteiger partial charge in [0.25, 0.3) is 0 Å². The van der Waals surface area contributed by atoms with Crippen molar-refractivity contribution in [2.45, 2.75) is 32.0 Å². The SMILES string of the molecule is CCCCOCC(O)CNCC(O)C(N)=O. The van der Waals surface area contributed by atoms with Crippen LogP contribution >= 0.6 is 0 Å². The highest BCUT2D eigenvalue weighted by molar-refractivity contribution is 5.78. The summed E-state index contributed by atoms with van der Waals surface area (Å²) in [4.78, 5) is 10.5. The van der Waals surface area contributed by atoms with Crippen LogP contribution < -0.4 is 11.1 Å². The Morgan fingerprint density at radius 2 is 2.12 bits per heavy atom. The van der Waals surface area contributed by atoms with E-state index in [0.29, 0.717) is 6.61 Å². The molecule has 0 rings (SSSR count). The van der Waals surface area contributed by atoms with Crippen molar-refractivity contribution in [3.05, 3.63) is 0 Å². The van der Waals surface area contributed by atoms with Crippen LogP contribution in [0, 0.1) is 0 Å². The molecule has 0 fully saturated rings. The van der Waals surface area contributed by atoms with Gasteiger partial charge in [-0.3, -0.25) is 4.79 Å². The summed E-state index contributed by atoms with van der Waals surface area (Å²) in [6, 6.07) is 0. The minimum atomic E-state index is -1.21. The number of hydrogen-bond acceptors (Lipinski definition) is 5. The van der Waals surface area contributed by atoms with Gasteiger partial charge in [0, 0.05) is 19.7 Å². The highest BCUT2D eigenvalue weighted by atomic mass is 16.5. The van der Waals surface area contributed by atoms with Gasteiger partial charge in [-0.1, -0.05) is 13.3 Å². The van der Waals surface area contributed by atoms with E-state index in [2.05, 4.69) is 12.2 Å². The minimum absolute atomic E-state index is 0.0430. The van der Waals surface area contributed by atoms with Crippen molar-refractivity contribution in [1.29, 1.82) is 0 Å². The number of rotatable bonds is 10. The Morgan fingerprint density at radius 1 is 1.44 bits per heavy atom. The molecule has 6 nitrogen and oxygen atoms in total. The molecular formula is C10H22N2O4. The van der Waals surface area contributed by atoms with E-state index in [9.17, 15) is 9.90 Å². The lowest BCUT2D eigenvalue weighted by molar-refractivity contribution is -0.125. The number of amides is 1. The van der Waals surface area contributed by atoms with E-state index in [4.69, 9.17) is 15.6 Å². The number of aliphatic hydroxyl groups excluding tert-OH is 2. The van der Waals surface area contributed by atoms with Crippen LogP contribution in [0.5, 0.6) is 0 Å². The van der Waals surface area contributed by atoms with Crippen LogP contribution in [0.25, 0.3) is 0 Å². The van der Waals surface area contributed by atoms with Gasteiger partial charge in [0.2, 0.25) is 5.91 Å². The molecule has 0 aromatic heterocycles. The molecule has 0 spiro atoms. The van der Waals surface area contributed by atoms with Crippen molar-refractivity contribution in [1.82, 2.24) is 5.32 Å². The van der Waals surface area contributed by atoms with Crippen LogP contribution in [0.2, 0.25) is 0 Å². The fourth-order valence-electron chi connectivity index (χ4n) is 1.01. The number of ether oxygens (including phenoxy) is 1. The molecule has 0 bridgehead atoms. The lowest BCUT2D eigenvalue weighted by Crippen LogP contribution is -2.41. The van der Waals surface area contributed by atoms with Crippen LogP contribution in [-0.4, -0.2) is 54.6 Å². The first-order chi connectivity index (χ1) is 7.57. The monoisotopic (exact) mass is 234 g/mol. The minimum Gasteiger partial charge on any atom is -0.389 e. The van der Waals surface area contributed by atoms with Gasteiger partial charge >= 0.3 is 0 Å². The molecule has 0 aromatic rings. The third-order valence-electron chi connectivity index (χ3n) is 2.00. The number of hydrogen-bond donors (Lipinski definition) is 4. The number of aliphatic hydroxyl groups is 2. The highest BCUT2D eigenvalue weighted by Crippen LogP contribution is 1.90. The molecule has 0 aliphatic rings. The Bertz CT molecular complexity index is 190. The van der Waals surface area contributed by atoms with Crippen molar-refractivity contribution in [3.8, 4) is 0 Å². The summed E-state index contributed by atoms with van der Waals surface area (Å²) in [5.41, 5.74) is 4.85. The first-order valence-electron chi connectivity index (χ1n) is 5.51. The zero-order valence-electron chi connectivity index (χ0n) is 9.69. The molecule has 2 atom stereocenters. The van der Waals surface area contributed by atoms with Crippen LogP contribution in [0.15, 0.2) is 0 Å². The second-order valence-electron chi connectivity index (χ2n) is 3.66. The number of nitrogens with one attached hydrogen (secondary N) is 1. The molecule has 0 saturated carbocycles. The Hall–Kier alpha value is -0.690. The van der Waals surface area contributed by atoms with E-state index < -0.39 is 18.1 Å². The zero-order chi connectivity index (χ0) is 12.4. The summed E-state index contributed by atoms with van der Waals surface area (Å²) in [5, 5.41) is 21.2. The molecule has 96 valence electrons. The number of primary amides is 1. The lowest BCUT2D eigenvalue weighted by Gasteiger charge is -2.13. The number of nitrogens with two attached hydrogens (primary N) is 1. The molecule has 6 heteroatoms. The molecule has 0 heterocycles. The third-order valence-corrected chi connectivity index (χ3v) is 2.00. The van der Waals surface area contributed by atoms with E-state index in [1.165, 1.54) is 0 Å². The standard InChI is InChI=1S/C10H22N2O4/c1-2-3-4-16-7-8(13)5-12-6-9(14)10(11)15/h8-9,12-14H,2-7H2,1H3,(H2,11,15). The predicted octanol–water partition coefficient (Wildman–Crippen LogP) is -1.40. The van der Waals surface area contributed by atoms with Crippen LogP contribution in [-0.2, 0) is 9.53 Å². The molecule has 2 unspecified atom stereocenters. The van der Waals surface area contributed by atoms with Gasteiger partial charge in [-0.2, -0.15) is 0 Å². The average molecular weight is 234 g/mol. The maximum atomic E-state index is 10.5. The number of carbonyl (C=O) groups excluding carboxylic acids is 1. The first-order valence-corrected chi connectivity index (χ1v) is 5.51. The van der Waals surface area contributed by atoms with Crippen molar-refractivity contribution in [2.75, 3.05) is 26.3 Å². The molecule has 0 aromatic carbocycles. The first kappa shape index (κ1) is 15.3. The maximum Gasteiger partial charge on any atom is 0.247 e. The van der Waals surface area contributed by atoms with E-state index in [1.807, 2.05) is 0 Å². The summed E-state index contributed by atoms with van der Waals surface area (Å²) in [6.07, 6.45) is 0.171. The normalized spacial score (nSPS) is 14.7. The Balaban J connectivity index is 3.36. The number of carbonyl (C=O) groups is 1. The average Bonchev–Trinajstić information content (AvgIpc) is 2.24. The Labute approximate surface area is 95.8 Å². The van der Waals surface area contributed by atoms with E-state index in [-0.39, 0.29) is 19.7 Å². The molecule has 0 aliphatic carbocycles. The Kier molecular flexibility index (Phi) is 9.12. The van der Waals surface area contributed by atoms with Crippen molar-refractivity contribution >= 4 is 5.91 Å². The van der Waals surface area contributed by atoms with Gasteiger partial charge in [0.05, 0.1) is 12.7 Å². The van der Waals surface area contributed by atoms with Gasteiger partial charge in [-0.15, -0.1) is 0 Å². The van der Waals surface area contributed by atoms with E-state index in [0.717, 1.165) is 12.8 Å². The maximum absolute atomic E-state index is 10.5. The molecule has 5 N–H and O–H groups in total. The predicted molar refractivity (Wildman–Crippen MR) is 59.8 cm³/mol. The zero-order valence-corrected chi connectivity index (χ0v) is 9.69. The molecule has 0 aliphatic heterocycles. The second-order valence-corrected chi connectivity index (χ2v) is 3.66. The van der Waals surface area contributed by atoms with Gasteiger partial charge in [-0.25, -0.2) is 0 Å². The topological polar surface area (TPSA) is 105 Å². The molecule has 16 heavy (non-hydrogen) atoms. The smallest absolute Gasteiger partial charge is 0.247 e. The summed E-state index contributed by atoms with van der Waals surface area (Å²) < 4.78 is 5.20. The molecule has 1 amide bonds. The van der Waals surface area contributed by atoms with Gasteiger partial charge in [-0.05, 0) is 6.42 Å². The quantitative estimate of drug-likeness (QED) is 0.348. The highest BCUT2D eigenvalue weighted by Gasteiger charge is 2.11. The second kappa shape index (κ2) is 9.53. The van der Waals surface area contributed by atoms with Crippen molar-refractivity contribution in [3.63, 3.8) is 0 Å². The van der Waals surface area contributed by atoms with Gasteiger partial charge in [0.15, 0.2) is 0 Å². The van der Waals surface area contributed by atoms with Gasteiger partial charge < -0.3 is 26.0 Å². The lowest BCUT2D eigenvalue weighted by atomic mass is 10.3. The fourth-order valence-corrected chi connectivity index (χ4v) is 1.01. The summed E-state index contributed by atoms with van der Waals surface area (Å²) >= 11 is 0. The van der Waals surface area contributed by atoms with Gasteiger partial charge in [0.1, 0.15) is 6.10 Å². The van der Waals surface area contributed by atoms with E-state index in [1.54, 1.807) is 0 Å². The molecule has 0 saturated heterocycles. The fraction of sp³-hybridized carbons (Fsp3) is 0.900. The summed E-state index contributed by atoms with van der Waals surface area (Å²) in [7, 11) is 0. The van der Waals surface area contributed by atoms with Crippen molar-refractivity contribution < 1.29 is 19.7 Å². The third kappa shape index (κ3) is 8.60. The van der Waals surface area contributed by atoms with Crippen LogP contribution in [0.4, 0.5) is 0 Å². The Morgan fingerprint density at radius 3 is 2.69 bits per heavy atom. The summed E-state index contributed by atoms with van der Waals surface area (Å²) in [6.45, 7) is 3.25.